The standard InChI is InChI=1S/C14H12ClNO3S/c1-7-3-4-10(9(5-7)14(18)19)16-13(17)12-11(15)8(2)6-20-12/h3-6H,1-2H3,(H,16,17)(H,18,19). The molecule has 6 heteroatoms. The number of rotatable bonds is 3. The summed E-state index contributed by atoms with van der Waals surface area (Å²) in [6.07, 6.45) is 0. The van der Waals surface area contributed by atoms with E-state index in [1.54, 1.807) is 24.4 Å². The average Bonchev–Trinajstić information content (AvgIpc) is 2.72. The monoisotopic (exact) mass is 309 g/mol. The van der Waals surface area contributed by atoms with Crippen LogP contribution < -0.4 is 5.32 Å². The summed E-state index contributed by atoms with van der Waals surface area (Å²) in [7, 11) is 0. The van der Waals surface area contributed by atoms with E-state index < -0.39 is 11.9 Å². The Labute approximate surface area is 125 Å². The van der Waals surface area contributed by atoms with Crippen LogP contribution >= 0.6 is 22.9 Å². The second-order valence-electron chi connectivity index (χ2n) is 4.37. The Morgan fingerprint density at radius 1 is 1.30 bits per heavy atom. The molecular formula is C14H12ClNO3S. The molecule has 104 valence electrons. The zero-order valence-corrected chi connectivity index (χ0v) is 12.4. The molecule has 0 fully saturated rings. The molecule has 2 rings (SSSR count). The fourth-order valence-electron chi connectivity index (χ4n) is 1.71. The number of hydrogen-bond acceptors (Lipinski definition) is 3. The number of aromatic carboxylic acids is 1. The molecule has 0 saturated carbocycles. The van der Waals surface area contributed by atoms with Gasteiger partial charge in [-0.1, -0.05) is 23.2 Å². The number of hydrogen-bond donors (Lipinski definition) is 2. The average molecular weight is 310 g/mol. The summed E-state index contributed by atoms with van der Waals surface area (Å²) in [4.78, 5) is 23.7. The maximum atomic E-state index is 12.1. The Morgan fingerprint density at radius 2 is 2.00 bits per heavy atom. The van der Waals surface area contributed by atoms with Gasteiger partial charge in [-0.3, -0.25) is 4.79 Å². The van der Waals surface area contributed by atoms with Crippen molar-refractivity contribution in [3.63, 3.8) is 0 Å². The lowest BCUT2D eigenvalue weighted by Crippen LogP contribution is -2.14. The van der Waals surface area contributed by atoms with E-state index in [-0.39, 0.29) is 11.3 Å². The Kier molecular flexibility index (Phi) is 4.11. The van der Waals surface area contributed by atoms with Gasteiger partial charge in [0.1, 0.15) is 4.88 Å². The molecule has 4 nitrogen and oxygen atoms in total. The van der Waals surface area contributed by atoms with Crippen LogP contribution in [0.25, 0.3) is 0 Å². The second-order valence-corrected chi connectivity index (χ2v) is 5.63. The van der Waals surface area contributed by atoms with Gasteiger partial charge in [-0.25, -0.2) is 4.79 Å². The lowest BCUT2D eigenvalue weighted by Gasteiger charge is -2.08. The van der Waals surface area contributed by atoms with Crippen LogP contribution in [0.5, 0.6) is 0 Å². The first-order chi connectivity index (χ1) is 9.40. The van der Waals surface area contributed by atoms with Crippen molar-refractivity contribution < 1.29 is 14.7 Å². The van der Waals surface area contributed by atoms with E-state index in [1.807, 2.05) is 6.92 Å². The van der Waals surface area contributed by atoms with Gasteiger partial charge in [0, 0.05) is 0 Å². The molecule has 0 saturated heterocycles. The summed E-state index contributed by atoms with van der Waals surface area (Å²) in [6.45, 7) is 3.60. The minimum absolute atomic E-state index is 0.0581. The van der Waals surface area contributed by atoms with Gasteiger partial charge in [0.15, 0.2) is 0 Å². The number of halogens is 1. The van der Waals surface area contributed by atoms with Gasteiger partial charge in [0.2, 0.25) is 0 Å². The van der Waals surface area contributed by atoms with Crippen LogP contribution in [0.3, 0.4) is 0 Å². The molecule has 0 atom stereocenters. The van der Waals surface area contributed by atoms with E-state index in [0.29, 0.717) is 9.90 Å². The summed E-state index contributed by atoms with van der Waals surface area (Å²) in [5.74, 6) is -1.49. The van der Waals surface area contributed by atoms with Gasteiger partial charge in [-0.05, 0) is 36.9 Å². The normalized spacial score (nSPS) is 10.3. The first-order valence-corrected chi connectivity index (χ1v) is 7.04. The van der Waals surface area contributed by atoms with E-state index >= 15 is 0 Å². The van der Waals surface area contributed by atoms with Crippen molar-refractivity contribution in [3.8, 4) is 0 Å². The van der Waals surface area contributed by atoms with Crippen molar-refractivity contribution >= 4 is 40.5 Å². The summed E-state index contributed by atoms with van der Waals surface area (Å²) < 4.78 is 0. The molecule has 1 amide bonds. The molecule has 0 bridgehead atoms. The topological polar surface area (TPSA) is 66.4 Å². The van der Waals surface area contributed by atoms with Crippen LogP contribution in [-0.4, -0.2) is 17.0 Å². The Morgan fingerprint density at radius 3 is 2.55 bits per heavy atom. The summed E-state index contributed by atoms with van der Waals surface area (Å²) in [6, 6.07) is 4.83. The molecule has 20 heavy (non-hydrogen) atoms. The predicted molar refractivity (Wildman–Crippen MR) is 80.2 cm³/mol. The SMILES string of the molecule is Cc1ccc(NC(=O)c2scc(C)c2Cl)c(C(=O)O)c1. The number of benzene rings is 1. The number of nitrogens with one attached hydrogen (secondary N) is 1. The van der Waals surface area contributed by atoms with Gasteiger partial charge < -0.3 is 10.4 Å². The minimum Gasteiger partial charge on any atom is -0.478 e. The largest absolute Gasteiger partial charge is 0.478 e. The molecule has 0 aliphatic carbocycles. The zero-order chi connectivity index (χ0) is 14.9. The highest BCUT2D eigenvalue weighted by atomic mass is 35.5. The molecule has 2 aromatic rings. The van der Waals surface area contributed by atoms with Crippen LogP contribution in [0.4, 0.5) is 5.69 Å². The first kappa shape index (κ1) is 14.6. The van der Waals surface area contributed by atoms with Crippen LogP contribution in [0.2, 0.25) is 5.02 Å². The molecule has 0 unspecified atom stereocenters. The molecule has 1 aromatic carbocycles. The number of carbonyl (C=O) groups is 2. The minimum atomic E-state index is -1.09. The molecule has 1 aromatic heterocycles. The van der Waals surface area contributed by atoms with Crippen molar-refractivity contribution in [1.29, 1.82) is 0 Å². The van der Waals surface area contributed by atoms with Gasteiger partial charge >= 0.3 is 5.97 Å². The summed E-state index contributed by atoms with van der Waals surface area (Å²) in [5, 5.41) is 13.9. The number of thiophene rings is 1. The third-order valence-corrected chi connectivity index (χ3v) is 4.45. The van der Waals surface area contributed by atoms with Crippen LogP contribution in [0, 0.1) is 13.8 Å². The van der Waals surface area contributed by atoms with E-state index in [1.165, 1.54) is 17.4 Å². The molecule has 1 heterocycles. The zero-order valence-electron chi connectivity index (χ0n) is 10.9. The molecule has 0 aliphatic heterocycles. The number of aryl methyl sites for hydroxylation is 2. The van der Waals surface area contributed by atoms with E-state index in [0.717, 1.165) is 11.1 Å². The van der Waals surface area contributed by atoms with E-state index in [4.69, 9.17) is 16.7 Å². The molecule has 0 aliphatic rings. The summed E-state index contributed by atoms with van der Waals surface area (Å²) in [5.41, 5.74) is 1.95. The quantitative estimate of drug-likeness (QED) is 0.901. The van der Waals surface area contributed by atoms with Gasteiger partial charge in [-0.2, -0.15) is 0 Å². The fraction of sp³-hybridized carbons (Fsp3) is 0.143. The number of carboxylic acid groups (broad SMARTS) is 1. The lowest BCUT2D eigenvalue weighted by atomic mass is 10.1. The van der Waals surface area contributed by atoms with E-state index in [2.05, 4.69) is 5.32 Å². The Hall–Kier alpha value is -1.85. The van der Waals surface area contributed by atoms with Gasteiger partial charge in [0.25, 0.3) is 5.91 Å². The lowest BCUT2D eigenvalue weighted by molar-refractivity contribution is 0.0698. The highest BCUT2D eigenvalue weighted by molar-refractivity contribution is 7.13. The Balaban J connectivity index is 2.33. The first-order valence-electron chi connectivity index (χ1n) is 5.79. The van der Waals surface area contributed by atoms with Crippen LogP contribution in [-0.2, 0) is 0 Å². The predicted octanol–water partition coefficient (Wildman–Crippen LogP) is 3.97. The number of carboxylic acids is 1. The van der Waals surface area contributed by atoms with E-state index in [9.17, 15) is 9.59 Å². The summed E-state index contributed by atoms with van der Waals surface area (Å²) >= 11 is 7.26. The third kappa shape index (κ3) is 2.84. The second kappa shape index (κ2) is 5.64. The number of amides is 1. The van der Waals surface area contributed by atoms with Crippen molar-refractivity contribution in [2.24, 2.45) is 0 Å². The number of carbonyl (C=O) groups excluding carboxylic acids is 1. The number of anilines is 1. The molecule has 0 radical (unpaired) electrons. The molecule has 0 spiro atoms. The van der Waals surface area contributed by atoms with Crippen molar-refractivity contribution in [3.05, 3.63) is 50.2 Å². The van der Waals surface area contributed by atoms with Crippen molar-refractivity contribution in [2.45, 2.75) is 13.8 Å². The smallest absolute Gasteiger partial charge is 0.337 e. The van der Waals surface area contributed by atoms with Crippen molar-refractivity contribution in [2.75, 3.05) is 5.32 Å². The third-order valence-electron chi connectivity index (χ3n) is 2.76. The van der Waals surface area contributed by atoms with Crippen LogP contribution in [0.1, 0.15) is 31.2 Å². The Bertz CT molecular complexity index is 694. The van der Waals surface area contributed by atoms with Gasteiger partial charge in [-0.15, -0.1) is 11.3 Å². The molecular weight excluding hydrogens is 298 g/mol. The van der Waals surface area contributed by atoms with Crippen LogP contribution in [0.15, 0.2) is 23.6 Å². The fourth-order valence-corrected chi connectivity index (χ4v) is 2.88. The highest BCUT2D eigenvalue weighted by Gasteiger charge is 2.18. The van der Waals surface area contributed by atoms with Crippen molar-refractivity contribution in [1.82, 2.24) is 0 Å². The highest BCUT2D eigenvalue weighted by Crippen LogP contribution is 2.28. The maximum Gasteiger partial charge on any atom is 0.337 e. The molecule has 2 N–H and O–H groups in total. The maximum absolute atomic E-state index is 12.1. The van der Waals surface area contributed by atoms with Gasteiger partial charge in [0.05, 0.1) is 16.3 Å².